The summed E-state index contributed by atoms with van der Waals surface area (Å²) in [5, 5.41) is 8.57. The molecular weight excluding hydrogens is 181 g/mol. The zero-order valence-electron chi connectivity index (χ0n) is 7.62. The van der Waals surface area contributed by atoms with Gasteiger partial charge in [-0.05, 0) is 19.1 Å². The first-order valence-electron chi connectivity index (χ1n) is 3.99. The summed E-state index contributed by atoms with van der Waals surface area (Å²) in [6.07, 6.45) is 4.65. The van der Waals surface area contributed by atoms with Gasteiger partial charge in [-0.3, -0.25) is 0 Å². The Morgan fingerprint density at radius 2 is 2.21 bits per heavy atom. The van der Waals surface area contributed by atoms with E-state index in [1.807, 2.05) is 6.07 Å². The highest BCUT2D eigenvalue weighted by Crippen LogP contribution is 2.16. The van der Waals surface area contributed by atoms with Crippen LogP contribution in [0.2, 0.25) is 0 Å². The Balaban J connectivity index is 2.95. The van der Waals surface area contributed by atoms with Gasteiger partial charge in [-0.15, -0.1) is 6.42 Å². The normalized spacial score (nSPS) is 11.1. The van der Waals surface area contributed by atoms with Crippen molar-refractivity contribution in [2.75, 3.05) is 0 Å². The molecular formula is C11H8FNO. The van der Waals surface area contributed by atoms with Crippen molar-refractivity contribution in [2.24, 2.45) is 0 Å². The van der Waals surface area contributed by atoms with Crippen LogP contribution in [0.5, 0.6) is 5.75 Å². The highest BCUT2D eigenvalue weighted by atomic mass is 19.1. The Morgan fingerprint density at radius 1 is 1.50 bits per heavy atom. The molecule has 0 aliphatic heterocycles. The number of nitrogens with zero attached hydrogens (tertiary/aromatic N) is 1. The second-order valence-corrected chi connectivity index (χ2v) is 2.71. The fourth-order valence-electron chi connectivity index (χ4n) is 0.933. The first-order valence-corrected chi connectivity index (χ1v) is 3.99. The highest BCUT2D eigenvalue weighted by Gasteiger charge is 2.03. The van der Waals surface area contributed by atoms with E-state index in [0.717, 1.165) is 6.07 Å². The Kier molecular flexibility index (Phi) is 3.09. The minimum Gasteiger partial charge on any atom is -0.478 e. The van der Waals surface area contributed by atoms with Crippen molar-refractivity contribution in [1.29, 1.82) is 5.26 Å². The summed E-state index contributed by atoms with van der Waals surface area (Å²) in [5.74, 6) is 2.10. The molecule has 1 rings (SSSR count). The van der Waals surface area contributed by atoms with Crippen LogP contribution >= 0.6 is 0 Å². The van der Waals surface area contributed by atoms with Crippen molar-refractivity contribution in [3.63, 3.8) is 0 Å². The smallest absolute Gasteiger partial charge is 0.156 e. The molecule has 0 fully saturated rings. The average Bonchev–Trinajstić information content (AvgIpc) is 2.16. The number of ether oxygens (including phenoxy) is 1. The minimum atomic E-state index is -0.511. The maximum atomic E-state index is 12.9. The molecule has 1 atom stereocenters. The van der Waals surface area contributed by atoms with Crippen LogP contribution in [-0.2, 0) is 0 Å². The summed E-state index contributed by atoms with van der Waals surface area (Å²) in [6, 6.07) is 5.59. The lowest BCUT2D eigenvalue weighted by atomic mass is 10.2. The minimum absolute atomic E-state index is 0.212. The molecule has 3 heteroatoms. The second kappa shape index (κ2) is 4.30. The van der Waals surface area contributed by atoms with Gasteiger partial charge in [0.05, 0.1) is 11.6 Å². The molecule has 70 valence electrons. The van der Waals surface area contributed by atoms with E-state index in [2.05, 4.69) is 5.92 Å². The van der Waals surface area contributed by atoms with Gasteiger partial charge < -0.3 is 4.74 Å². The van der Waals surface area contributed by atoms with E-state index in [4.69, 9.17) is 16.4 Å². The van der Waals surface area contributed by atoms with Gasteiger partial charge in [0.1, 0.15) is 11.6 Å². The maximum absolute atomic E-state index is 12.9. The summed E-state index contributed by atoms with van der Waals surface area (Å²) in [6.45, 7) is 1.66. The van der Waals surface area contributed by atoms with E-state index < -0.39 is 11.9 Å². The molecule has 0 saturated carbocycles. The van der Waals surface area contributed by atoms with E-state index in [0.29, 0.717) is 0 Å². The molecule has 0 aliphatic carbocycles. The Bertz CT molecular complexity index is 414. The number of halogens is 1. The maximum Gasteiger partial charge on any atom is 0.156 e. The molecule has 0 spiro atoms. The summed E-state index contributed by atoms with van der Waals surface area (Å²) < 4.78 is 18.0. The molecule has 0 bridgehead atoms. The molecule has 0 radical (unpaired) electrons. The van der Waals surface area contributed by atoms with Crippen molar-refractivity contribution in [1.82, 2.24) is 0 Å². The SMILES string of the molecule is C#CC(C)Oc1cc(F)cc(C#N)c1. The van der Waals surface area contributed by atoms with Crippen molar-refractivity contribution in [2.45, 2.75) is 13.0 Å². The second-order valence-electron chi connectivity index (χ2n) is 2.71. The highest BCUT2D eigenvalue weighted by molar-refractivity contribution is 5.37. The van der Waals surface area contributed by atoms with Crippen LogP contribution in [0.15, 0.2) is 18.2 Å². The quantitative estimate of drug-likeness (QED) is 0.667. The Hall–Kier alpha value is -2.00. The number of benzene rings is 1. The zero-order valence-corrected chi connectivity index (χ0v) is 7.62. The van der Waals surface area contributed by atoms with Gasteiger partial charge in [0, 0.05) is 6.07 Å². The lowest BCUT2D eigenvalue weighted by Gasteiger charge is -2.08. The van der Waals surface area contributed by atoms with Crippen LogP contribution < -0.4 is 4.74 Å². The number of hydrogen-bond acceptors (Lipinski definition) is 2. The van der Waals surface area contributed by atoms with Crippen LogP contribution in [0.25, 0.3) is 0 Å². The average molecular weight is 189 g/mol. The lowest BCUT2D eigenvalue weighted by Crippen LogP contribution is -2.08. The van der Waals surface area contributed by atoms with Crippen LogP contribution in [0.4, 0.5) is 4.39 Å². The third kappa shape index (κ3) is 2.50. The van der Waals surface area contributed by atoms with E-state index in [1.165, 1.54) is 12.1 Å². The lowest BCUT2D eigenvalue weighted by molar-refractivity contribution is 0.277. The molecule has 0 saturated heterocycles. The fourth-order valence-corrected chi connectivity index (χ4v) is 0.933. The molecule has 0 aliphatic rings. The predicted molar refractivity (Wildman–Crippen MR) is 50.0 cm³/mol. The Morgan fingerprint density at radius 3 is 2.79 bits per heavy atom. The van der Waals surface area contributed by atoms with Gasteiger partial charge in [0.15, 0.2) is 6.10 Å². The molecule has 14 heavy (non-hydrogen) atoms. The van der Waals surface area contributed by atoms with Crippen molar-refractivity contribution in [3.8, 4) is 24.2 Å². The van der Waals surface area contributed by atoms with Gasteiger partial charge in [-0.1, -0.05) is 5.92 Å². The van der Waals surface area contributed by atoms with Gasteiger partial charge in [0.25, 0.3) is 0 Å². The number of terminal acetylenes is 1. The molecule has 0 amide bonds. The Labute approximate surface area is 81.9 Å². The zero-order chi connectivity index (χ0) is 10.6. The van der Waals surface area contributed by atoms with Crippen LogP contribution in [-0.4, -0.2) is 6.10 Å². The topological polar surface area (TPSA) is 33.0 Å². The predicted octanol–water partition coefficient (Wildman–Crippen LogP) is 2.10. The van der Waals surface area contributed by atoms with Gasteiger partial charge in [-0.25, -0.2) is 4.39 Å². The standard InChI is InChI=1S/C11H8FNO/c1-3-8(2)14-11-5-9(7-13)4-10(12)6-11/h1,4-6,8H,2H3. The van der Waals surface area contributed by atoms with E-state index >= 15 is 0 Å². The fraction of sp³-hybridized carbons (Fsp3) is 0.182. The van der Waals surface area contributed by atoms with Crippen LogP contribution in [0.1, 0.15) is 12.5 Å². The van der Waals surface area contributed by atoms with Gasteiger partial charge in [-0.2, -0.15) is 5.26 Å². The van der Waals surface area contributed by atoms with E-state index in [9.17, 15) is 4.39 Å². The summed E-state index contributed by atoms with van der Waals surface area (Å²) >= 11 is 0. The molecule has 0 aromatic heterocycles. The van der Waals surface area contributed by atoms with E-state index in [1.54, 1.807) is 6.92 Å². The molecule has 1 aromatic rings. The molecule has 0 heterocycles. The number of nitriles is 1. The summed E-state index contributed by atoms with van der Waals surface area (Å²) in [5.41, 5.74) is 0.212. The van der Waals surface area contributed by atoms with Crippen LogP contribution in [0, 0.1) is 29.5 Å². The number of rotatable bonds is 2. The number of hydrogen-bond donors (Lipinski definition) is 0. The molecule has 2 nitrogen and oxygen atoms in total. The summed E-state index contributed by atoms with van der Waals surface area (Å²) in [7, 11) is 0. The van der Waals surface area contributed by atoms with Gasteiger partial charge in [0.2, 0.25) is 0 Å². The monoisotopic (exact) mass is 189 g/mol. The van der Waals surface area contributed by atoms with Crippen molar-refractivity contribution >= 4 is 0 Å². The largest absolute Gasteiger partial charge is 0.478 e. The summed E-state index contributed by atoms with van der Waals surface area (Å²) in [4.78, 5) is 0. The van der Waals surface area contributed by atoms with Crippen molar-refractivity contribution in [3.05, 3.63) is 29.6 Å². The molecule has 1 unspecified atom stereocenters. The van der Waals surface area contributed by atoms with Gasteiger partial charge >= 0.3 is 0 Å². The molecule has 0 N–H and O–H groups in total. The van der Waals surface area contributed by atoms with Crippen LogP contribution in [0.3, 0.4) is 0 Å². The van der Waals surface area contributed by atoms with Crippen molar-refractivity contribution < 1.29 is 9.13 Å². The first kappa shape index (κ1) is 10.1. The third-order valence-electron chi connectivity index (χ3n) is 1.55. The van der Waals surface area contributed by atoms with E-state index in [-0.39, 0.29) is 11.3 Å². The first-order chi connectivity index (χ1) is 6.65. The molecule has 1 aromatic carbocycles. The third-order valence-corrected chi connectivity index (χ3v) is 1.55.